The minimum atomic E-state index is -4.46. The van der Waals surface area contributed by atoms with Gasteiger partial charge in [-0.2, -0.15) is 8.42 Å². The van der Waals surface area contributed by atoms with Gasteiger partial charge in [0.2, 0.25) is 5.91 Å². The van der Waals surface area contributed by atoms with Crippen molar-refractivity contribution in [3.05, 3.63) is 36.5 Å². The van der Waals surface area contributed by atoms with E-state index in [1.807, 2.05) is 0 Å². The summed E-state index contributed by atoms with van der Waals surface area (Å²) < 4.78 is 32.6. The van der Waals surface area contributed by atoms with Gasteiger partial charge in [-0.25, -0.2) is 0 Å². The van der Waals surface area contributed by atoms with Crippen molar-refractivity contribution in [2.45, 2.75) is 244 Å². The van der Waals surface area contributed by atoms with E-state index in [4.69, 9.17) is 0 Å². The molecular formula is C46H87NO6S. The summed E-state index contributed by atoms with van der Waals surface area (Å²) in [5.41, 5.74) is 0. The Morgan fingerprint density at radius 3 is 1.22 bits per heavy atom. The standard InChI is InChI=1S/C46H87NO6S/c1-3-5-7-9-11-13-15-17-19-21-22-23-24-25-27-29-31-33-35-37-39-41-45(49)46(50)47-43(42-54(51,52)53)44(48)40-38-36-34-32-30-28-26-20-18-16-14-12-10-8-6-4-2/h18,20,30,32,38,40,43-45,48-49H,3-17,19,21-29,31,33-37,39,41-42H2,1-2H3,(H,47,50)(H,51,52,53)/b20-18+,32-30+,40-38+. The minimum Gasteiger partial charge on any atom is -0.387 e. The fourth-order valence-electron chi connectivity index (χ4n) is 6.90. The van der Waals surface area contributed by atoms with Gasteiger partial charge in [-0.15, -0.1) is 0 Å². The highest BCUT2D eigenvalue weighted by Crippen LogP contribution is 2.16. The molecule has 0 spiro atoms. The van der Waals surface area contributed by atoms with E-state index < -0.39 is 40.0 Å². The second-order valence-corrected chi connectivity index (χ2v) is 17.3. The lowest BCUT2D eigenvalue weighted by atomic mass is 10.0. The average Bonchev–Trinajstić information content (AvgIpc) is 3.14. The van der Waals surface area contributed by atoms with Crippen molar-refractivity contribution < 1.29 is 28.0 Å². The van der Waals surface area contributed by atoms with E-state index in [1.165, 1.54) is 154 Å². The number of allylic oxidation sites excluding steroid dienone is 5. The molecular weight excluding hydrogens is 695 g/mol. The molecule has 0 fully saturated rings. The molecule has 0 aromatic carbocycles. The zero-order valence-electron chi connectivity index (χ0n) is 35.2. The molecule has 4 N–H and O–H groups in total. The molecule has 0 rings (SSSR count). The van der Waals surface area contributed by atoms with E-state index in [0.29, 0.717) is 12.8 Å². The first-order chi connectivity index (χ1) is 26.2. The van der Waals surface area contributed by atoms with Gasteiger partial charge in [0.05, 0.1) is 17.9 Å². The largest absolute Gasteiger partial charge is 0.387 e. The van der Waals surface area contributed by atoms with Crippen molar-refractivity contribution in [3.63, 3.8) is 0 Å². The Labute approximate surface area is 334 Å². The maximum absolute atomic E-state index is 12.6. The van der Waals surface area contributed by atoms with Crippen LogP contribution in [0.25, 0.3) is 0 Å². The summed E-state index contributed by atoms with van der Waals surface area (Å²) in [5, 5.41) is 23.4. The number of aliphatic hydroxyl groups excluding tert-OH is 2. The number of carbonyl (C=O) groups excluding carboxylic acids is 1. The number of unbranched alkanes of at least 4 members (excludes halogenated alkanes) is 28. The van der Waals surface area contributed by atoms with Gasteiger partial charge < -0.3 is 15.5 Å². The molecule has 0 saturated carbocycles. The van der Waals surface area contributed by atoms with E-state index in [0.717, 1.165) is 44.9 Å². The Morgan fingerprint density at radius 1 is 0.500 bits per heavy atom. The molecule has 0 radical (unpaired) electrons. The molecule has 54 heavy (non-hydrogen) atoms. The van der Waals surface area contributed by atoms with Gasteiger partial charge >= 0.3 is 0 Å². The molecule has 0 aliphatic heterocycles. The third-order valence-corrected chi connectivity index (χ3v) is 11.2. The van der Waals surface area contributed by atoms with Gasteiger partial charge in [-0.05, 0) is 44.9 Å². The first kappa shape index (κ1) is 52.5. The first-order valence-electron chi connectivity index (χ1n) is 22.8. The zero-order valence-corrected chi connectivity index (χ0v) is 36.0. The average molecular weight is 782 g/mol. The fourth-order valence-corrected chi connectivity index (χ4v) is 7.64. The quantitative estimate of drug-likeness (QED) is 0.0278. The molecule has 1 amide bonds. The molecule has 318 valence electrons. The Hall–Kier alpha value is -1.48. The molecule has 0 saturated heterocycles. The summed E-state index contributed by atoms with van der Waals surface area (Å²) in [5.74, 6) is -1.56. The van der Waals surface area contributed by atoms with Crippen molar-refractivity contribution in [2.75, 3.05) is 5.75 Å². The van der Waals surface area contributed by atoms with Crippen LogP contribution in [0.2, 0.25) is 0 Å². The second kappa shape index (κ2) is 39.7. The maximum Gasteiger partial charge on any atom is 0.267 e. The molecule has 3 unspecified atom stereocenters. The van der Waals surface area contributed by atoms with E-state index in [9.17, 15) is 28.0 Å². The number of aliphatic hydroxyl groups is 2. The number of carbonyl (C=O) groups is 1. The van der Waals surface area contributed by atoms with Crippen molar-refractivity contribution in [1.82, 2.24) is 5.32 Å². The minimum absolute atomic E-state index is 0.274. The summed E-state index contributed by atoms with van der Waals surface area (Å²) in [4.78, 5) is 12.6. The summed E-state index contributed by atoms with van der Waals surface area (Å²) in [6, 6.07) is -1.25. The lowest BCUT2D eigenvalue weighted by molar-refractivity contribution is -0.130. The zero-order chi connectivity index (χ0) is 39.8. The maximum atomic E-state index is 12.6. The Morgan fingerprint density at radius 2 is 0.833 bits per heavy atom. The van der Waals surface area contributed by atoms with Crippen LogP contribution < -0.4 is 5.32 Å². The van der Waals surface area contributed by atoms with E-state index in [1.54, 1.807) is 6.08 Å². The predicted molar refractivity (Wildman–Crippen MR) is 231 cm³/mol. The van der Waals surface area contributed by atoms with Crippen LogP contribution >= 0.6 is 0 Å². The van der Waals surface area contributed by atoms with Gasteiger partial charge in [0.25, 0.3) is 10.1 Å². The molecule has 7 nitrogen and oxygen atoms in total. The van der Waals surface area contributed by atoms with Gasteiger partial charge in [0.15, 0.2) is 0 Å². The second-order valence-electron chi connectivity index (χ2n) is 15.8. The molecule has 8 heteroatoms. The highest BCUT2D eigenvalue weighted by atomic mass is 32.2. The third kappa shape index (κ3) is 38.8. The van der Waals surface area contributed by atoms with Crippen molar-refractivity contribution in [2.24, 2.45) is 0 Å². The van der Waals surface area contributed by atoms with Crippen LogP contribution in [0.15, 0.2) is 36.5 Å². The summed E-state index contributed by atoms with van der Waals surface area (Å²) in [7, 11) is -4.46. The lowest BCUT2D eigenvalue weighted by Gasteiger charge is -2.22. The summed E-state index contributed by atoms with van der Waals surface area (Å²) >= 11 is 0. The molecule has 0 heterocycles. The predicted octanol–water partition coefficient (Wildman–Crippen LogP) is 12.7. The van der Waals surface area contributed by atoms with Crippen LogP contribution in [-0.2, 0) is 14.9 Å². The van der Waals surface area contributed by atoms with Gasteiger partial charge in [0.1, 0.15) is 6.10 Å². The van der Waals surface area contributed by atoms with Crippen molar-refractivity contribution in [3.8, 4) is 0 Å². The Bertz CT molecular complexity index is 1010. The van der Waals surface area contributed by atoms with Crippen LogP contribution in [-0.4, -0.2) is 53.1 Å². The van der Waals surface area contributed by atoms with Crippen LogP contribution in [0, 0.1) is 0 Å². The van der Waals surface area contributed by atoms with E-state index in [-0.39, 0.29) is 6.42 Å². The van der Waals surface area contributed by atoms with Crippen molar-refractivity contribution >= 4 is 16.0 Å². The van der Waals surface area contributed by atoms with Crippen LogP contribution in [0.4, 0.5) is 0 Å². The van der Waals surface area contributed by atoms with Crippen molar-refractivity contribution in [1.29, 1.82) is 0 Å². The fraction of sp³-hybridized carbons (Fsp3) is 0.848. The summed E-state index contributed by atoms with van der Waals surface area (Å²) in [6.07, 6.45) is 49.2. The highest BCUT2D eigenvalue weighted by Gasteiger charge is 2.27. The molecule has 0 aromatic heterocycles. The molecule has 0 bridgehead atoms. The van der Waals surface area contributed by atoms with Gasteiger partial charge in [-0.3, -0.25) is 9.35 Å². The number of amides is 1. The van der Waals surface area contributed by atoms with E-state index in [2.05, 4.69) is 43.5 Å². The Balaban J connectivity index is 3.98. The lowest BCUT2D eigenvalue weighted by Crippen LogP contribution is -2.50. The molecule has 3 atom stereocenters. The number of hydrogen-bond donors (Lipinski definition) is 4. The van der Waals surface area contributed by atoms with Crippen LogP contribution in [0.3, 0.4) is 0 Å². The Kier molecular flexibility index (Phi) is 38.7. The topological polar surface area (TPSA) is 124 Å². The SMILES string of the molecule is CCCCCCCC/C=C/CC/C=C/CC/C=C/C(O)C(CS(=O)(=O)O)NC(=O)C(O)CCCCCCCCCCCCCCCCCCCCCCC. The third-order valence-electron chi connectivity index (χ3n) is 10.4. The molecule has 0 aliphatic rings. The number of nitrogens with one attached hydrogen (secondary N) is 1. The summed E-state index contributed by atoms with van der Waals surface area (Å²) in [6.45, 7) is 4.52. The number of rotatable bonds is 41. The molecule has 0 aromatic rings. The number of hydrogen-bond acceptors (Lipinski definition) is 5. The normalized spacial score (nSPS) is 14.1. The van der Waals surface area contributed by atoms with Crippen LogP contribution in [0.5, 0.6) is 0 Å². The highest BCUT2D eigenvalue weighted by molar-refractivity contribution is 7.85. The monoisotopic (exact) mass is 782 g/mol. The smallest absolute Gasteiger partial charge is 0.267 e. The first-order valence-corrected chi connectivity index (χ1v) is 24.4. The van der Waals surface area contributed by atoms with E-state index >= 15 is 0 Å². The van der Waals surface area contributed by atoms with Gasteiger partial charge in [0, 0.05) is 0 Å². The molecule has 0 aliphatic carbocycles. The van der Waals surface area contributed by atoms with Gasteiger partial charge in [-0.1, -0.05) is 217 Å². The van der Waals surface area contributed by atoms with Crippen LogP contribution in [0.1, 0.15) is 226 Å².